The van der Waals surface area contributed by atoms with Crippen LogP contribution in [-0.4, -0.2) is 19.0 Å². The molecule has 0 unspecified atom stereocenters. The van der Waals surface area contributed by atoms with E-state index in [-0.39, 0.29) is 5.56 Å². The summed E-state index contributed by atoms with van der Waals surface area (Å²) in [7, 11) is 1.26. The highest BCUT2D eigenvalue weighted by Gasteiger charge is 2.13. The molecule has 110 valence electrons. The summed E-state index contributed by atoms with van der Waals surface area (Å²) in [5, 5.41) is 4.60. The van der Waals surface area contributed by atoms with Crippen molar-refractivity contribution in [2.24, 2.45) is 5.73 Å². The molecule has 0 aliphatic rings. The van der Waals surface area contributed by atoms with Gasteiger partial charge in [0, 0.05) is 16.8 Å². The summed E-state index contributed by atoms with van der Waals surface area (Å²) in [6, 6.07) is 5.41. The molecule has 0 fully saturated rings. The van der Waals surface area contributed by atoms with Crippen molar-refractivity contribution in [3.05, 3.63) is 51.5 Å². The molecule has 2 rings (SSSR count). The number of carbonyl (C=O) groups is 2. The summed E-state index contributed by atoms with van der Waals surface area (Å²) in [5.74, 6) is -1.52. The maximum atomic E-state index is 13.3. The number of halogens is 1. The number of rotatable bonds is 5. The van der Waals surface area contributed by atoms with E-state index < -0.39 is 17.7 Å². The number of esters is 1. The van der Waals surface area contributed by atoms with E-state index in [0.717, 1.165) is 4.88 Å². The Morgan fingerprint density at radius 1 is 1.38 bits per heavy atom. The molecule has 1 heterocycles. The van der Waals surface area contributed by atoms with Gasteiger partial charge in [0.1, 0.15) is 5.82 Å². The molecule has 7 heteroatoms. The van der Waals surface area contributed by atoms with E-state index in [4.69, 9.17) is 5.73 Å². The van der Waals surface area contributed by atoms with E-state index in [1.165, 1.54) is 36.6 Å². The molecule has 5 nitrogen and oxygen atoms in total. The Bertz CT molecular complexity index is 685. The van der Waals surface area contributed by atoms with E-state index in [0.29, 0.717) is 17.8 Å². The lowest BCUT2D eigenvalue weighted by atomic mass is 10.1. The number of hydrogen-bond acceptors (Lipinski definition) is 5. The van der Waals surface area contributed by atoms with Crippen molar-refractivity contribution in [2.75, 3.05) is 12.4 Å². The second-order valence-corrected chi connectivity index (χ2v) is 5.20. The van der Waals surface area contributed by atoms with Crippen LogP contribution in [0.5, 0.6) is 0 Å². The number of nitrogens with two attached hydrogens (primary N) is 1. The number of nitrogens with one attached hydrogen (secondary N) is 1. The van der Waals surface area contributed by atoms with Crippen LogP contribution in [0.4, 0.5) is 10.1 Å². The van der Waals surface area contributed by atoms with Crippen LogP contribution in [0.25, 0.3) is 0 Å². The molecule has 2 aromatic rings. The molecule has 0 atom stereocenters. The molecule has 21 heavy (non-hydrogen) atoms. The first-order valence-corrected chi connectivity index (χ1v) is 6.88. The number of primary amides is 1. The van der Waals surface area contributed by atoms with Crippen LogP contribution in [0, 0.1) is 5.82 Å². The molecule has 0 spiro atoms. The maximum absolute atomic E-state index is 13.3. The number of thiophene rings is 1. The largest absolute Gasteiger partial charge is 0.465 e. The molecular weight excluding hydrogens is 295 g/mol. The minimum absolute atomic E-state index is 0.241. The second-order valence-electron chi connectivity index (χ2n) is 4.20. The van der Waals surface area contributed by atoms with E-state index in [2.05, 4.69) is 10.1 Å². The number of carbonyl (C=O) groups excluding carboxylic acids is 2. The third kappa shape index (κ3) is 3.57. The smallest absolute Gasteiger partial charge is 0.339 e. The SMILES string of the molecule is COC(=O)c1ccc(F)cc1NCc1cc(C(N)=O)cs1. The van der Waals surface area contributed by atoms with Crippen molar-refractivity contribution in [2.45, 2.75) is 6.54 Å². The maximum Gasteiger partial charge on any atom is 0.339 e. The standard InChI is InChI=1S/C14H13FN2O3S/c1-20-14(19)11-3-2-9(15)5-12(11)17-6-10-4-8(7-21-10)13(16)18/h2-5,7,17H,6H2,1H3,(H2,16,18). The molecular formula is C14H13FN2O3S. The average molecular weight is 308 g/mol. The van der Waals surface area contributed by atoms with Crippen molar-refractivity contribution in [3.63, 3.8) is 0 Å². The number of hydrogen-bond donors (Lipinski definition) is 2. The molecule has 0 aliphatic heterocycles. The Labute approximate surface area is 124 Å². The Kier molecular flexibility index (Phi) is 4.54. The number of benzene rings is 1. The van der Waals surface area contributed by atoms with Gasteiger partial charge in [-0.3, -0.25) is 4.79 Å². The zero-order valence-corrected chi connectivity index (χ0v) is 12.0. The average Bonchev–Trinajstić information content (AvgIpc) is 2.93. The number of anilines is 1. The quantitative estimate of drug-likeness (QED) is 0.831. The fraction of sp³-hybridized carbons (Fsp3) is 0.143. The third-order valence-electron chi connectivity index (χ3n) is 2.78. The molecule has 0 radical (unpaired) electrons. The van der Waals surface area contributed by atoms with Gasteiger partial charge in [0.15, 0.2) is 0 Å². The minimum Gasteiger partial charge on any atom is -0.465 e. The first kappa shape index (κ1) is 15.0. The first-order chi connectivity index (χ1) is 10.0. The Morgan fingerprint density at radius 2 is 2.14 bits per heavy atom. The highest BCUT2D eigenvalue weighted by Crippen LogP contribution is 2.21. The van der Waals surface area contributed by atoms with Crippen LogP contribution in [-0.2, 0) is 11.3 Å². The van der Waals surface area contributed by atoms with Crippen LogP contribution >= 0.6 is 11.3 Å². The predicted octanol–water partition coefficient (Wildman–Crippen LogP) is 2.38. The molecule has 0 saturated carbocycles. The first-order valence-electron chi connectivity index (χ1n) is 6.00. The van der Waals surface area contributed by atoms with Gasteiger partial charge in [0.05, 0.1) is 23.9 Å². The summed E-state index contributed by atoms with van der Waals surface area (Å²) >= 11 is 1.35. The molecule has 0 saturated heterocycles. The van der Waals surface area contributed by atoms with Crippen molar-refractivity contribution >= 4 is 28.9 Å². The molecule has 0 aliphatic carbocycles. The number of methoxy groups -OCH3 is 1. The van der Waals surface area contributed by atoms with Crippen LogP contribution in [0.3, 0.4) is 0 Å². The Balaban J connectivity index is 2.16. The van der Waals surface area contributed by atoms with Gasteiger partial charge in [0.25, 0.3) is 0 Å². The van der Waals surface area contributed by atoms with E-state index in [1.54, 1.807) is 11.4 Å². The third-order valence-corrected chi connectivity index (χ3v) is 3.71. The van der Waals surface area contributed by atoms with Gasteiger partial charge < -0.3 is 15.8 Å². The zero-order chi connectivity index (χ0) is 15.4. The van der Waals surface area contributed by atoms with Gasteiger partial charge in [-0.2, -0.15) is 0 Å². The number of ether oxygens (including phenoxy) is 1. The van der Waals surface area contributed by atoms with Crippen LogP contribution in [0.2, 0.25) is 0 Å². The molecule has 0 bridgehead atoms. The second kappa shape index (κ2) is 6.36. The predicted molar refractivity (Wildman–Crippen MR) is 77.9 cm³/mol. The van der Waals surface area contributed by atoms with Crippen LogP contribution in [0.1, 0.15) is 25.6 Å². The van der Waals surface area contributed by atoms with Crippen LogP contribution in [0.15, 0.2) is 29.6 Å². The summed E-state index contributed by atoms with van der Waals surface area (Å²) in [4.78, 5) is 23.5. The summed E-state index contributed by atoms with van der Waals surface area (Å²) in [6.07, 6.45) is 0. The summed E-state index contributed by atoms with van der Waals surface area (Å²) in [5.41, 5.74) is 6.16. The van der Waals surface area contributed by atoms with Gasteiger partial charge in [-0.1, -0.05) is 0 Å². The lowest BCUT2D eigenvalue weighted by molar-refractivity contribution is 0.0601. The van der Waals surface area contributed by atoms with Gasteiger partial charge in [-0.15, -0.1) is 11.3 Å². The van der Waals surface area contributed by atoms with E-state index >= 15 is 0 Å². The van der Waals surface area contributed by atoms with E-state index in [1.807, 2.05) is 0 Å². The topological polar surface area (TPSA) is 81.4 Å². The van der Waals surface area contributed by atoms with Crippen molar-refractivity contribution in [3.8, 4) is 0 Å². The van der Waals surface area contributed by atoms with Gasteiger partial charge in [0.2, 0.25) is 5.91 Å². The Morgan fingerprint density at radius 3 is 2.76 bits per heavy atom. The van der Waals surface area contributed by atoms with Gasteiger partial charge in [-0.25, -0.2) is 9.18 Å². The number of amides is 1. The molecule has 3 N–H and O–H groups in total. The lowest BCUT2D eigenvalue weighted by Crippen LogP contribution is -2.10. The van der Waals surface area contributed by atoms with E-state index in [9.17, 15) is 14.0 Å². The van der Waals surface area contributed by atoms with Crippen molar-refractivity contribution < 1.29 is 18.7 Å². The Hall–Kier alpha value is -2.41. The highest BCUT2D eigenvalue weighted by atomic mass is 32.1. The normalized spacial score (nSPS) is 10.2. The van der Waals surface area contributed by atoms with Gasteiger partial charge in [-0.05, 0) is 24.3 Å². The highest BCUT2D eigenvalue weighted by molar-refractivity contribution is 7.10. The zero-order valence-electron chi connectivity index (χ0n) is 11.2. The fourth-order valence-electron chi connectivity index (χ4n) is 1.74. The fourth-order valence-corrected chi connectivity index (χ4v) is 2.55. The molecule has 1 aromatic carbocycles. The van der Waals surface area contributed by atoms with Crippen molar-refractivity contribution in [1.29, 1.82) is 0 Å². The van der Waals surface area contributed by atoms with Crippen LogP contribution < -0.4 is 11.1 Å². The summed E-state index contributed by atoms with van der Waals surface area (Å²) < 4.78 is 17.9. The van der Waals surface area contributed by atoms with Crippen molar-refractivity contribution in [1.82, 2.24) is 0 Å². The minimum atomic E-state index is -0.554. The van der Waals surface area contributed by atoms with Gasteiger partial charge >= 0.3 is 5.97 Å². The molecule has 1 amide bonds. The monoisotopic (exact) mass is 308 g/mol. The lowest BCUT2D eigenvalue weighted by Gasteiger charge is -2.10. The summed E-state index contributed by atoms with van der Waals surface area (Å²) in [6.45, 7) is 0.339. The molecule has 1 aromatic heterocycles.